The summed E-state index contributed by atoms with van der Waals surface area (Å²) in [6.07, 6.45) is -10.4. The van der Waals surface area contributed by atoms with Crippen LogP contribution in [-0.4, -0.2) is 35.3 Å². The maximum absolute atomic E-state index is 13.3. The average molecular weight is 391 g/mol. The first-order valence-corrected chi connectivity index (χ1v) is 7.19. The van der Waals surface area contributed by atoms with Gasteiger partial charge in [0.05, 0.1) is 12.5 Å². The molecule has 4 nitrogen and oxygen atoms in total. The molecule has 26 heavy (non-hydrogen) atoms. The first kappa shape index (κ1) is 22.0. The smallest absolute Gasteiger partial charge is 0.406 e. The predicted molar refractivity (Wildman–Crippen MR) is 75.9 cm³/mol. The quantitative estimate of drug-likeness (QED) is 0.696. The first-order chi connectivity index (χ1) is 11.7. The van der Waals surface area contributed by atoms with E-state index in [1.54, 1.807) is 0 Å². The Bertz CT molecular complexity index is 632. The Balaban J connectivity index is 2.80. The van der Waals surface area contributed by atoms with Crippen molar-refractivity contribution in [2.75, 3.05) is 0 Å². The Hall–Kier alpha value is -2.04. The minimum absolute atomic E-state index is 0.139. The Morgan fingerprint density at radius 3 is 2.31 bits per heavy atom. The van der Waals surface area contributed by atoms with Gasteiger partial charge in [0.1, 0.15) is 11.4 Å². The van der Waals surface area contributed by atoms with E-state index in [0.29, 0.717) is 6.92 Å². The van der Waals surface area contributed by atoms with Crippen LogP contribution in [0.4, 0.5) is 30.7 Å². The van der Waals surface area contributed by atoms with Crippen molar-refractivity contribution in [2.45, 2.75) is 50.6 Å². The largest absolute Gasteiger partial charge is 0.573 e. The molecular weight excluding hydrogens is 375 g/mol. The number of hydrogen-bond acceptors (Lipinski definition) is 3. The van der Waals surface area contributed by atoms with E-state index in [2.05, 4.69) is 10.1 Å². The van der Waals surface area contributed by atoms with Crippen LogP contribution in [0.15, 0.2) is 24.3 Å². The lowest BCUT2D eigenvalue weighted by Crippen LogP contribution is -2.53. The van der Waals surface area contributed by atoms with E-state index < -0.39 is 48.4 Å². The molecule has 0 aromatic heterocycles. The summed E-state index contributed by atoms with van der Waals surface area (Å²) in [5, 5.41) is 11.6. The fourth-order valence-electron chi connectivity index (χ4n) is 2.02. The van der Waals surface area contributed by atoms with Gasteiger partial charge in [-0.15, -0.1) is 13.2 Å². The highest BCUT2D eigenvalue weighted by molar-refractivity contribution is 5.77. The van der Waals surface area contributed by atoms with Crippen molar-refractivity contribution in [3.05, 3.63) is 29.8 Å². The molecule has 1 aromatic carbocycles. The lowest BCUT2D eigenvalue weighted by Gasteiger charge is -2.31. The molecule has 11 heteroatoms. The number of aliphatic hydroxyl groups is 1. The maximum atomic E-state index is 13.3. The molecule has 0 aliphatic rings. The van der Waals surface area contributed by atoms with E-state index in [1.165, 1.54) is 19.1 Å². The van der Waals surface area contributed by atoms with Crippen LogP contribution in [0.25, 0.3) is 0 Å². The van der Waals surface area contributed by atoms with E-state index in [9.17, 15) is 40.6 Å². The topological polar surface area (TPSA) is 58.6 Å². The summed E-state index contributed by atoms with van der Waals surface area (Å²) in [5.74, 6) is -6.58. The highest BCUT2D eigenvalue weighted by atomic mass is 19.4. The minimum atomic E-state index is -4.93. The summed E-state index contributed by atoms with van der Waals surface area (Å²) < 4.78 is 91.4. The van der Waals surface area contributed by atoms with Crippen LogP contribution in [0.5, 0.6) is 5.75 Å². The molecule has 1 rings (SSSR count). The molecule has 1 unspecified atom stereocenters. The van der Waals surface area contributed by atoms with Gasteiger partial charge in [-0.1, -0.05) is 12.1 Å². The van der Waals surface area contributed by atoms with Gasteiger partial charge in [0, 0.05) is 0 Å². The third kappa shape index (κ3) is 5.75. The lowest BCUT2D eigenvalue weighted by molar-refractivity contribution is -0.274. The summed E-state index contributed by atoms with van der Waals surface area (Å²) in [5.41, 5.74) is -3.17. The van der Waals surface area contributed by atoms with Gasteiger partial charge in [-0.2, -0.15) is 8.78 Å². The fraction of sp³-hybridized carbons (Fsp3) is 0.533. The highest BCUT2D eigenvalue weighted by Gasteiger charge is 2.57. The molecule has 2 atom stereocenters. The second-order valence-electron chi connectivity index (χ2n) is 5.78. The van der Waals surface area contributed by atoms with Gasteiger partial charge in [0.2, 0.25) is 5.91 Å². The van der Waals surface area contributed by atoms with Crippen molar-refractivity contribution in [1.82, 2.24) is 5.32 Å². The second-order valence-corrected chi connectivity index (χ2v) is 5.78. The molecule has 0 bridgehead atoms. The molecule has 1 amide bonds. The summed E-state index contributed by atoms with van der Waals surface area (Å²) in [7, 11) is 0. The zero-order valence-electron chi connectivity index (χ0n) is 13.6. The van der Waals surface area contributed by atoms with E-state index in [-0.39, 0.29) is 5.56 Å². The molecule has 0 radical (unpaired) electrons. The van der Waals surface area contributed by atoms with Crippen LogP contribution in [0.2, 0.25) is 0 Å². The minimum Gasteiger partial charge on any atom is -0.406 e. The number of carbonyl (C=O) groups is 1. The molecule has 0 fully saturated rings. The molecule has 1 aromatic rings. The van der Waals surface area contributed by atoms with Crippen LogP contribution >= 0.6 is 0 Å². The number of amides is 1. The number of halogens is 7. The van der Waals surface area contributed by atoms with Crippen molar-refractivity contribution in [1.29, 1.82) is 0 Å². The van der Waals surface area contributed by atoms with Gasteiger partial charge >= 0.3 is 18.7 Å². The number of carbonyl (C=O) groups excluding carboxylic acids is 1. The van der Waals surface area contributed by atoms with Crippen LogP contribution in [0, 0.1) is 0 Å². The van der Waals surface area contributed by atoms with Gasteiger partial charge in [0.25, 0.3) is 0 Å². The van der Waals surface area contributed by atoms with Gasteiger partial charge in [-0.05, 0) is 31.5 Å². The van der Waals surface area contributed by atoms with E-state index >= 15 is 0 Å². The van der Waals surface area contributed by atoms with Crippen LogP contribution in [0.3, 0.4) is 0 Å². The first-order valence-electron chi connectivity index (χ1n) is 7.19. The highest BCUT2D eigenvalue weighted by Crippen LogP contribution is 2.37. The molecule has 0 heterocycles. The van der Waals surface area contributed by atoms with E-state index in [4.69, 9.17) is 0 Å². The zero-order chi connectivity index (χ0) is 20.3. The predicted octanol–water partition coefficient (Wildman–Crippen LogP) is 3.80. The molecule has 2 N–H and O–H groups in total. The number of nitrogens with one attached hydrogen (secondary N) is 1. The van der Waals surface area contributed by atoms with E-state index in [1.807, 2.05) is 0 Å². The Morgan fingerprint density at radius 1 is 1.23 bits per heavy atom. The zero-order valence-corrected chi connectivity index (χ0v) is 13.6. The van der Waals surface area contributed by atoms with Gasteiger partial charge < -0.3 is 15.2 Å². The standard InChI is InChI=1S/C15H16F7NO3/c1-8(9-4-3-5-10(6-9)26-15(20,21)22)23-11(24)7-13(2,25)14(18,19)12(16)17/h3-6,8,12,25H,7H2,1-2H3,(H,23,24)/t8-,13?/m0/s1. The molecular formula is C15H16F7NO3. The van der Waals surface area contributed by atoms with Gasteiger partial charge in [-0.3, -0.25) is 4.79 Å². The number of hydrogen-bond donors (Lipinski definition) is 2. The summed E-state index contributed by atoms with van der Waals surface area (Å²) in [4.78, 5) is 11.8. The van der Waals surface area contributed by atoms with Crippen molar-refractivity contribution in [3.63, 3.8) is 0 Å². The van der Waals surface area contributed by atoms with Crippen LogP contribution in [-0.2, 0) is 4.79 Å². The molecule has 0 saturated heterocycles. The SMILES string of the molecule is C[C@H](NC(=O)CC(C)(O)C(F)(F)C(F)F)c1cccc(OC(F)(F)F)c1. The number of benzene rings is 1. The Labute approximate surface area is 143 Å². The number of rotatable bonds is 7. The monoisotopic (exact) mass is 391 g/mol. The van der Waals surface area contributed by atoms with Gasteiger partial charge in [0.15, 0.2) is 0 Å². The van der Waals surface area contributed by atoms with Crippen molar-refractivity contribution >= 4 is 5.91 Å². The Morgan fingerprint density at radius 2 is 1.81 bits per heavy atom. The average Bonchev–Trinajstić information content (AvgIpc) is 2.44. The fourth-order valence-corrected chi connectivity index (χ4v) is 2.02. The van der Waals surface area contributed by atoms with Crippen molar-refractivity contribution in [2.24, 2.45) is 0 Å². The van der Waals surface area contributed by atoms with Crippen molar-refractivity contribution < 1.29 is 45.4 Å². The van der Waals surface area contributed by atoms with Crippen LogP contribution in [0.1, 0.15) is 31.9 Å². The van der Waals surface area contributed by atoms with Gasteiger partial charge in [-0.25, -0.2) is 8.78 Å². The summed E-state index contributed by atoms with van der Waals surface area (Å²) in [6.45, 7) is 1.71. The second kappa shape index (κ2) is 7.68. The maximum Gasteiger partial charge on any atom is 0.573 e. The lowest BCUT2D eigenvalue weighted by atomic mass is 9.93. The number of alkyl halides is 7. The third-order valence-electron chi connectivity index (χ3n) is 3.47. The summed E-state index contributed by atoms with van der Waals surface area (Å²) >= 11 is 0. The molecule has 0 spiro atoms. The molecule has 0 aliphatic heterocycles. The van der Waals surface area contributed by atoms with Crippen molar-refractivity contribution in [3.8, 4) is 5.75 Å². The normalized spacial score (nSPS) is 16.1. The summed E-state index contributed by atoms with van der Waals surface area (Å²) in [6, 6.07) is 3.56. The Kier molecular flexibility index (Phi) is 6.50. The third-order valence-corrected chi connectivity index (χ3v) is 3.47. The van der Waals surface area contributed by atoms with Crippen LogP contribution < -0.4 is 10.1 Å². The molecule has 0 saturated carbocycles. The van der Waals surface area contributed by atoms with E-state index in [0.717, 1.165) is 12.1 Å². The molecule has 0 aliphatic carbocycles. The molecule has 148 valence electrons. The number of ether oxygens (including phenoxy) is 1.